The van der Waals surface area contributed by atoms with Crippen molar-refractivity contribution in [1.29, 1.82) is 0 Å². The van der Waals surface area contributed by atoms with E-state index < -0.39 is 12.6 Å². The minimum Gasteiger partial charge on any atom is -0.493 e. The number of methoxy groups -OCH3 is 2. The number of rotatable bonds is 4. The Hall–Kier alpha value is -2.63. The highest BCUT2D eigenvalue weighted by Gasteiger charge is 2.31. The van der Waals surface area contributed by atoms with Crippen molar-refractivity contribution in [2.75, 3.05) is 14.2 Å². The summed E-state index contributed by atoms with van der Waals surface area (Å²) >= 11 is 0. The Balaban J connectivity index is 2.20. The van der Waals surface area contributed by atoms with Gasteiger partial charge in [0.2, 0.25) is 0 Å². The van der Waals surface area contributed by atoms with E-state index in [-0.39, 0.29) is 5.56 Å². The van der Waals surface area contributed by atoms with Gasteiger partial charge in [-0.05, 0) is 29.8 Å². The molecule has 0 saturated heterocycles. The van der Waals surface area contributed by atoms with Crippen LogP contribution in [0.15, 0.2) is 42.5 Å². The molecule has 0 bridgehead atoms. The molecule has 3 rings (SSSR count). The molecule has 1 N–H and O–H groups in total. The number of hydrogen-bond acceptors (Lipinski definition) is 2. The van der Waals surface area contributed by atoms with Crippen molar-refractivity contribution in [1.82, 2.24) is 4.98 Å². The van der Waals surface area contributed by atoms with E-state index in [0.29, 0.717) is 33.7 Å². The zero-order chi connectivity index (χ0) is 17.3. The first-order valence-corrected chi connectivity index (χ1v) is 7.31. The molecule has 24 heavy (non-hydrogen) atoms. The van der Waals surface area contributed by atoms with Crippen molar-refractivity contribution in [3.8, 4) is 22.8 Å². The number of fused-ring (bicyclic) bond motifs is 1. The Morgan fingerprint density at radius 3 is 2.33 bits per heavy atom. The Labute approximate surface area is 137 Å². The first-order chi connectivity index (χ1) is 11.4. The van der Waals surface area contributed by atoms with Gasteiger partial charge in [-0.1, -0.05) is 18.2 Å². The molecule has 2 aromatic carbocycles. The quantitative estimate of drug-likeness (QED) is 0.731. The average molecular weight is 335 g/mol. The van der Waals surface area contributed by atoms with Crippen LogP contribution in [-0.2, 0) is 6.42 Å². The monoisotopic (exact) mass is 335 g/mol. The molecule has 0 amide bonds. The van der Waals surface area contributed by atoms with Gasteiger partial charge >= 0.3 is 6.18 Å². The van der Waals surface area contributed by atoms with Crippen molar-refractivity contribution in [3.63, 3.8) is 0 Å². The molecule has 0 fully saturated rings. The van der Waals surface area contributed by atoms with Gasteiger partial charge in [0.15, 0.2) is 11.5 Å². The van der Waals surface area contributed by atoms with Crippen LogP contribution < -0.4 is 9.47 Å². The summed E-state index contributed by atoms with van der Waals surface area (Å²) < 4.78 is 49.6. The van der Waals surface area contributed by atoms with E-state index in [1.54, 1.807) is 42.5 Å². The van der Waals surface area contributed by atoms with Gasteiger partial charge in [-0.2, -0.15) is 13.2 Å². The van der Waals surface area contributed by atoms with E-state index in [1.165, 1.54) is 14.2 Å². The third kappa shape index (κ3) is 3.04. The first-order valence-electron chi connectivity index (χ1n) is 7.31. The zero-order valence-electron chi connectivity index (χ0n) is 13.2. The molecule has 0 unspecified atom stereocenters. The Bertz CT molecular complexity index is 868. The summed E-state index contributed by atoms with van der Waals surface area (Å²) in [6, 6.07) is 12.0. The second kappa shape index (κ2) is 6.11. The lowest BCUT2D eigenvalue weighted by molar-refractivity contribution is -0.126. The largest absolute Gasteiger partial charge is 0.493 e. The molecule has 0 radical (unpaired) electrons. The van der Waals surface area contributed by atoms with E-state index in [9.17, 15) is 13.2 Å². The molecule has 126 valence electrons. The third-order valence-corrected chi connectivity index (χ3v) is 3.86. The van der Waals surface area contributed by atoms with Crippen molar-refractivity contribution in [2.24, 2.45) is 0 Å². The van der Waals surface area contributed by atoms with Gasteiger partial charge in [-0.3, -0.25) is 0 Å². The lowest BCUT2D eigenvalue weighted by Crippen LogP contribution is -2.12. The number of hydrogen-bond donors (Lipinski definition) is 1. The van der Waals surface area contributed by atoms with Crippen LogP contribution in [0.3, 0.4) is 0 Å². The lowest BCUT2D eigenvalue weighted by Gasteiger charge is -2.11. The minimum absolute atomic E-state index is 0.227. The van der Waals surface area contributed by atoms with Crippen molar-refractivity contribution in [2.45, 2.75) is 12.6 Å². The number of nitrogens with one attached hydrogen (secondary N) is 1. The van der Waals surface area contributed by atoms with E-state index >= 15 is 0 Å². The fraction of sp³-hybridized carbons (Fsp3) is 0.222. The van der Waals surface area contributed by atoms with Gasteiger partial charge in [-0.15, -0.1) is 0 Å². The predicted octanol–water partition coefficient (Wildman–Crippen LogP) is 4.96. The number of ether oxygens (including phenoxy) is 2. The Morgan fingerprint density at radius 1 is 0.958 bits per heavy atom. The van der Waals surface area contributed by atoms with Gasteiger partial charge in [0.1, 0.15) is 0 Å². The van der Waals surface area contributed by atoms with E-state index in [4.69, 9.17) is 9.47 Å². The number of para-hydroxylation sites is 1. The first kappa shape index (κ1) is 16.2. The molecule has 0 spiro atoms. The standard InChI is InChI=1S/C18H16F3NO2/c1-23-15-8-7-11(9-16(15)24-2)17-13(10-18(19,20)21)12-5-3-4-6-14(12)22-17/h3-9,22H,10H2,1-2H3. The second-order valence-electron chi connectivity index (χ2n) is 5.39. The molecule has 0 saturated carbocycles. The summed E-state index contributed by atoms with van der Waals surface area (Å²) in [5.74, 6) is 0.987. The number of halogens is 3. The maximum Gasteiger partial charge on any atom is 0.393 e. The average Bonchev–Trinajstić information content (AvgIpc) is 2.91. The van der Waals surface area contributed by atoms with Crippen molar-refractivity contribution >= 4 is 10.9 Å². The van der Waals surface area contributed by atoms with Crippen LogP contribution in [0.2, 0.25) is 0 Å². The summed E-state index contributed by atoms with van der Waals surface area (Å²) in [6.07, 6.45) is -5.29. The van der Waals surface area contributed by atoms with Crippen molar-refractivity contribution in [3.05, 3.63) is 48.0 Å². The summed E-state index contributed by atoms with van der Waals surface area (Å²) in [5.41, 5.74) is 1.95. The molecule has 3 nitrogen and oxygen atoms in total. The van der Waals surface area contributed by atoms with Crippen LogP contribution in [0.1, 0.15) is 5.56 Å². The highest BCUT2D eigenvalue weighted by atomic mass is 19.4. The maximum absolute atomic E-state index is 13.0. The van der Waals surface area contributed by atoms with Crippen LogP contribution in [0.4, 0.5) is 13.2 Å². The topological polar surface area (TPSA) is 34.2 Å². The normalized spacial score (nSPS) is 11.7. The van der Waals surface area contributed by atoms with Gasteiger partial charge in [-0.25, -0.2) is 0 Å². The highest BCUT2D eigenvalue weighted by molar-refractivity contribution is 5.91. The molecule has 1 aromatic heterocycles. The highest BCUT2D eigenvalue weighted by Crippen LogP contribution is 2.38. The minimum atomic E-state index is -4.30. The molecular formula is C18H16F3NO2. The van der Waals surface area contributed by atoms with E-state index in [1.807, 2.05) is 0 Å². The fourth-order valence-corrected chi connectivity index (χ4v) is 2.82. The van der Waals surface area contributed by atoms with Crippen LogP contribution in [0.5, 0.6) is 11.5 Å². The lowest BCUT2D eigenvalue weighted by atomic mass is 10.0. The van der Waals surface area contributed by atoms with Crippen LogP contribution in [-0.4, -0.2) is 25.4 Å². The van der Waals surface area contributed by atoms with Crippen molar-refractivity contribution < 1.29 is 22.6 Å². The summed E-state index contributed by atoms with van der Waals surface area (Å²) in [5, 5.41) is 0.569. The molecule has 0 atom stereocenters. The van der Waals surface area contributed by atoms with E-state index in [0.717, 1.165) is 0 Å². The zero-order valence-corrected chi connectivity index (χ0v) is 13.2. The third-order valence-electron chi connectivity index (χ3n) is 3.86. The van der Waals surface area contributed by atoms with Crippen LogP contribution in [0.25, 0.3) is 22.2 Å². The molecule has 0 aliphatic rings. The van der Waals surface area contributed by atoms with Gasteiger partial charge in [0, 0.05) is 16.5 Å². The Morgan fingerprint density at radius 2 is 1.67 bits per heavy atom. The fourth-order valence-electron chi connectivity index (χ4n) is 2.82. The van der Waals surface area contributed by atoms with Crippen LogP contribution in [0, 0.1) is 0 Å². The number of aromatic amines is 1. The number of alkyl halides is 3. The number of aromatic nitrogens is 1. The maximum atomic E-state index is 13.0. The van der Waals surface area contributed by atoms with Gasteiger partial charge < -0.3 is 14.5 Å². The molecule has 1 heterocycles. The second-order valence-corrected chi connectivity index (χ2v) is 5.39. The number of H-pyrrole nitrogens is 1. The Kier molecular flexibility index (Phi) is 4.13. The van der Waals surface area contributed by atoms with Gasteiger partial charge in [0.25, 0.3) is 0 Å². The summed E-state index contributed by atoms with van der Waals surface area (Å²) in [7, 11) is 3.00. The van der Waals surface area contributed by atoms with Gasteiger partial charge in [0.05, 0.1) is 26.3 Å². The van der Waals surface area contributed by atoms with Crippen LogP contribution >= 0.6 is 0 Å². The SMILES string of the molecule is COc1ccc(-c2[nH]c3ccccc3c2CC(F)(F)F)cc1OC. The molecule has 0 aliphatic carbocycles. The van der Waals surface area contributed by atoms with E-state index in [2.05, 4.69) is 4.98 Å². The summed E-state index contributed by atoms with van der Waals surface area (Å²) in [6.45, 7) is 0. The summed E-state index contributed by atoms with van der Waals surface area (Å²) in [4.78, 5) is 3.10. The molecule has 0 aliphatic heterocycles. The molecule has 3 aromatic rings. The predicted molar refractivity (Wildman–Crippen MR) is 86.6 cm³/mol. The smallest absolute Gasteiger partial charge is 0.393 e. The molecular weight excluding hydrogens is 319 g/mol. The number of benzene rings is 2. The molecule has 6 heteroatoms.